The Balaban J connectivity index is 1.84. The second kappa shape index (κ2) is 4.63. The summed E-state index contributed by atoms with van der Waals surface area (Å²) in [4.78, 5) is 0. The number of allylic oxidation sites excluding steroid dienone is 1. The molecule has 1 atom stereocenters. The predicted molar refractivity (Wildman–Crippen MR) is 62.7 cm³/mol. The van der Waals surface area contributed by atoms with Crippen LogP contribution in [-0.4, -0.2) is 11.2 Å². The Morgan fingerprint density at radius 1 is 1.20 bits per heavy atom. The third-order valence-electron chi connectivity index (χ3n) is 3.08. The summed E-state index contributed by atoms with van der Waals surface area (Å²) < 4.78 is 0. The lowest BCUT2D eigenvalue weighted by atomic mass is 10.1. The molecule has 1 aliphatic carbocycles. The number of aryl methyl sites for hydroxylation is 1. The van der Waals surface area contributed by atoms with Gasteiger partial charge in [-0.2, -0.15) is 0 Å². The van der Waals surface area contributed by atoms with Gasteiger partial charge in [-0.05, 0) is 36.8 Å². The molecule has 1 N–H and O–H groups in total. The van der Waals surface area contributed by atoms with Crippen LogP contribution in [0.15, 0.2) is 41.5 Å². The first-order chi connectivity index (χ1) is 7.31. The number of hydrogen-bond acceptors (Lipinski definition) is 1. The van der Waals surface area contributed by atoms with Crippen LogP contribution >= 0.6 is 0 Å². The van der Waals surface area contributed by atoms with Crippen LogP contribution in [0.3, 0.4) is 0 Å². The molecule has 80 valence electrons. The minimum absolute atomic E-state index is 0.171. The van der Waals surface area contributed by atoms with E-state index < -0.39 is 0 Å². The molecule has 1 nitrogen and oxygen atoms in total. The normalized spacial score (nSPS) is 16.7. The van der Waals surface area contributed by atoms with E-state index in [1.807, 2.05) is 13.0 Å². The molecular formula is C14H18O. The molecule has 0 spiro atoms. The largest absolute Gasteiger partial charge is 0.389 e. The van der Waals surface area contributed by atoms with Gasteiger partial charge in [0.05, 0.1) is 6.10 Å². The highest BCUT2D eigenvalue weighted by atomic mass is 16.3. The molecule has 0 saturated heterocycles. The van der Waals surface area contributed by atoms with E-state index >= 15 is 0 Å². The second-order valence-corrected chi connectivity index (χ2v) is 4.22. The van der Waals surface area contributed by atoms with Gasteiger partial charge in [-0.3, -0.25) is 0 Å². The molecule has 1 unspecified atom stereocenters. The fourth-order valence-corrected chi connectivity index (χ4v) is 1.97. The maximum atomic E-state index is 9.61. The predicted octanol–water partition coefficient (Wildman–Crippen LogP) is 3.09. The summed E-state index contributed by atoms with van der Waals surface area (Å²) in [5.41, 5.74) is 4.17. The summed E-state index contributed by atoms with van der Waals surface area (Å²) in [6, 6.07) is 10.5. The smallest absolute Gasteiger partial charge is 0.0753 e. The maximum absolute atomic E-state index is 9.61. The van der Waals surface area contributed by atoms with Crippen LogP contribution in [0.5, 0.6) is 0 Å². The second-order valence-electron chi connectivity index (χ2n) is 4.22. The van der Waals surface area contributed by atoms with E-state index in [0.717, 1.165) is 25.7 Å². The van der Waals surface area contributed by atoms with Crippen molar-refractivity contribution >= 4 is 0 Å². The minimum atomic E-state index is -0.171. The summed E-state index contributed by atoms with van der Waals surface area (Å²) in [6.07, 6.45) is 3.98. The van der Waals surface area contributed by atoms with Crippen LogP contribution in [0, 0.1) is 0 Å². The Morgan fingerprint density at radius 3 is 2.60 bits per heavy atom. The first-order valence-corrected chi connectivity index (χ1v) is 5.74. The van der Waals surface area contributed by atoms with Crippen LogP contribution in [-0.2, 0) is 6.42 Å². The molecule has 0 aromatic heterocycles. The zero-order valence-corrected chi connectivity index (χ0v) is 9.24. The Labute approximate surface area is 91.4 Å². The Bertz CT molecular complexity index is 351. The maximum Gasteiger partial charge on any atom is 0.0753 e. The van der Waals surface area contributed by atoms with Crippen molar-refractivity contribution in [2.75, 3.05) is 0 Å². The van der Waals surface area contributed by atoms with Crippen LogP contribution in [0.2, 0.25) is 0 Å². The van der Waals surface area contributed by atoms with Crippen molar-refractivity contribution in [3.63, 3.8) is 0 Å². The summed E-state index contributed by atoms with van der Waals surface area (Å²) in [5.74, 6) is 0. The molecule has 1 heteroatoms. The topological polar surface area (TPSA) is 20.2 Å². The highest BCUT2D eigenvalue weighted by molar-refractivity contribution is 5.38. The molecule has 15 heavy (non-hydrogen) atoms. The highest BCUT2D eigenvalue weighted by Crippen LogP contribution is 2.37. The fraction of sp³-hybridized carbons (Fsp3) is 0.429. The van der Waals surface area contributed by atoms with Gasteiger partial charge in [-0.25, -0.2) is 0 Å². The van der Waals surface area contributed by atoms with Crippen molar-refractivity contribution in [3.8, 4) is 0 Å². The fourth-order valence-electron chi connectivity index (χ4n) is 1.97. The van der Waals surface area contributed by atoms with E-state index in [9.17, 15) is 5.11 Å². The lowest BCUT2D eigenvalue weighted by Crippen LogP contribution is -2.00. The lowest BCUT2D eigenvalue weighted by Gasteiger charge is -1.99. The van der Waals surface area contributed by atoms with Gasteiger partial charge in [0.2, 0.25) is 0 Å². The molecular weight excluding hydrogens is 184 g/mol. The Morgan fingerprint density at radius 2 is 1.93 bits per heavy atom. The number of aliphatic hydroxyl groups is 1. The van der Waals surface area contributed by atoms with Gasteiger partial charge in [0.15, 0.2) is 0 Å². The molecule has 1 aliphatic rings. The number of hydrogen-bond donors (Lipinski definition) is 1. The Kier molecular flexibility index (Phi) is 3.22. The first kappa shape index (κ1) is 10.4. The van der Waals surface area contributed by atoms with E-state index in [0.29, 0.717) is 0 Å². The van der Waals surface area contributed by atoms with Crippen molar-refractivity contribution in [2.45, 2.75) is 38.7 Å². The third-order valence-corrected chi connectivity index (χ3v) is 3.08. The monoisotopic (exact) mass is 202 g/mol. The average molecular weight is 202 g/mol. The minimum Gasteiger partial charge on any atom is -0.389 e. The van der Waals surface area contributed by atoms with Gasteiger partial charge in [0.1, 0.15) is 0 Å². The first-order valence-electron chi connectivity index (χ1n) is 5.74. The molecule has 1 aromatic rings. The summed E-state index contributed by atoms with van der Waals surface area (Å²) in [6.45, 7) is 2.03. The summed E-state index contributed by atoms with van der Waals surface area (Å²) in [5, 5.41) is 9.61. The van der Waals surface area contributed by atoms with Crippen LogP contribution in [0.25, 0.3) is 0 Å². The average Bonchev–Trinajstić information content (AvgIpc) is 3.06. The standard InChI is InChI=1S/C14H18O/c1-2-14(15)13-10-12(13)9-8-11-6-4-3-5-7-11/h3-7,14-15H,2,8-10H2,1H3. The molecule has 2 rings (SSSR count). The van der Waals surface area contributed by atoms with Crippen molar-refractivity contribution in [1.29, 1.82) is 0 Å². The number of aliphatic hydroxyl groups excluding tert-OH is 1. The summed E-state index contributed by atoms with van der Waals surface area (Å²) >= 11 is 0. The summed E-state index contributed by atoms with van der Waals surface area (Å²) in [7, 11) is 0. The number of benzene rings is 1. The van der Waals surface area contributed by atoms with Gasteiger partial charge < -0.3 is 5.11 Å². The molecule has 0 saturated carbocycles. The van der Waals surface area contributed by atoms with Gasteiger partial charge in [0.25, 0.3) is 0 Å². The van der Waals surface area contributed by atoms with Gasteiger partial charge in [-0.15, -0.1) is 0 Å². The van der Waals surface area contributed by atoms with E-state index in [4.69, 9.17) is 0 Å². The molecule has 0 heterocycles. The van der Waals surface area contributed by atoms with Crippen LogP contribution in [0.4, 0.5) is 0 Å². The zero-order valence-electron chi connectivity index (χ0n) is 9.24. The molecule has 0 radical (unpaired) electrons. The quantitative estimate of drug-likeness (QED) is 0.727. The van der Waals surface area contributed by atoms with Crippen molar-refractivity contribution in [1.82, 2.24) is 0 Å². The van der Waals surface area contributed by atoms with Crippen molar-refractivity contribution in [2.24, 2.45) is 0 Å². The lowest BCUT2D eigenvalue weighted by molar-refractivity contribution is 0.211. The van der Waals surface area contributed by atoms with E-state index in [2.05, 4.69) is 24.3 Å². The van der Waals surface area contributed by atoms with Crippen molar-refractivity contribution < 1.29 is 5.11 Å². The molecule has 1 aromatic carbocycles. The van der Waals surface area contributed by atoms with Gasteiger partial charge in [0, 0.05) is 0 Å². The van der Waals surface area contributed by atoms with Crippen LogP contribution in [0.1, 0.15) is 31.7 Å². The van der Waals surface area contributed by atoms with Crippen molar-refractivity contribution in [3.05, 3.63) is 47.0 Å². The van der Waals surface area contributed by atoms with E-state index in [1.165, 1.54) is 16.7 Å². The highest BCUT2D eigenvalue weighted by Gasteiger charge is 2.25. The third kappa shape index (κ3) is 2.69. The van der Waals surface area contributed by atoms with E-state index in [-0.39, 0.29) is 6.10 Å². The van der Waals surface area contributed by atoms with E-state index in [1.54, 1.807) is 0 Å². The van der Waals surface area contributed by atoms with Gasteiger partial charge in [-0.1, -0.05) is 42.8 Å². The Hall–Kier alpha value is -1.08. The zero-order chi connectivity index (χ0) is 10.7. The molecule has 0 aliphatic heterocycles. The molecule has 0 bridgehead atoms. The molecule has 0 amide bonds. The number of rotatable bonds is 5. The van der Waals surface area contributed by atoms with Gasteiger partial charge >= 0.3 is 0 Å². The SMILES string of the molecule is CCC(O)C1=C(CCc2ccccc2)C1. The molecule has 0 fully saturated rings. The van der Waals surface area contributed by atoms with Crippen LogP contribution < -0.4 is 0 Å².